The molecule has 3 heterocycles. The van der Waals surface area contributed by atoms with Crippen LogP contribution in [0.15, 0.2) is 24.5 Å². The van der Waals surface area contributed by atoms with Gasteiger partial charge in [0.25, 0.3) is 0 Å². The smallest absolute Gasteiger partial charge is 0.248 e. The summed E-state index contributed by atoms with van der Waals surface area (Å²) in [7, 11) is 0. The van der Waals surface area contributed by atoms with Gasteiger partial charge in [-0.15, -0.1) is 0 Å². The number of nitrogens with zero attached hydrogens (tertiary/aromatic N) is 3. The van der Waals surface area contributed by atoms with E-state index in [1.54, 1.807) is 11.1 Å². The van der Waals surface area contributed by atoms with E-state index < -0.39 is 6.61 Å². The first-order chi connectivity index (χ1) is 10.3. The number of anilines is 1. The predicted octanol–water partition coefficient (Wildman–Crippen LogP) is 0.270. The van der Waals surface area contributed by atoms with Gasteiger partial charge in [0.1, 0.15) is 6.61 Å². The van der Waals surface area contributed by atoms with Crippen molar-refractivity contribution in [3.05, 3.63) is 24.5 Å². The van der Waals surface area contributed by atoms with E-state index in [2.05, 4.69) is 16.0 Å². The second kappa shape index (κ2) is 6.41. The van der Waals surface area contributed by atoms with Crippen molar-refractivity contribution in [3.8, 4) is 0 Å². The van der Waals surface area contributed by atoms with Crippen LogP contribution in [0.2, 0.25) is 0 Å². The highest BCUT2D eigenvalue weighted by atomic mass is 16.5. The van der Waals surface area contributed by atoms with E-state index in [-0.39, 0.29) is 18.1 Å². The minimum absolute atomic E-state index is 0.135. The number of carbonyl (C=O) groups is 1. The first-order valence-corrected chi connectivity index (χ1v) is 7.46. The van der Waals surface area contributed by atoms with Crippen LogP contribution in [-0.4, -0.2) is 65.9 Å². The van der Waals surface area contributed by atoms with Gasteiger partial charge < -0.3 is 19.6 Å². The van der Waals surface area contributed by atoms with Crippen molar-refractivity contribution < 1.29 is 14.6 Å². The number of aromatic nitrogens is 1. The summed E-state index contributed by atoms with van der Waals surface area (Å²) in [6.45, 7) is 2.45. The second-order valence-electron chi connectivity index (χ2n) is 5.50. The van der Waals surface area contributed by atoms with Crippen LogP contribution in [0, 0.1) is 0 Å². The van der Waals surface area contributed by atoms with E-state index in [1.165, 1.54) is 0 Å². The Morgan fingerprint density at radius 2 is 2.24 bits per heavy atom. The maximum atomic E-state index is 11.7. The molecule has 2 fully saturated rings. The average molecular weight is 291 g/mol. The molecule has 1 aromatic rings. The number of morpholine rings is 1. The standard InChI is InChI=1S/C15H21N3O3/c19-11-15(20)17-6-3-13-14(4-7-17)21-9-8-18(13)12-2-1-5-16-10-12/h1-2,5,10,13-14,19H,3-4,6-9,11H2/t13-,14+/m0/s1. The maximum Gasteiger partial charge on any atom is 0.248 e. The molecule has 2 aliphatic rings. The molecule has 2 aliphatic heterocycles. The summed E-state index contributed by atoms with van der Waals surface area (Å²) in [6, 6.07) is 4.27. The molecule has 0 bridgehead atoms. The fraction of sp³-hybridized carbons (Fsp3) is 0.600. The van der Waals surface area contributed by atoms with Gasteiger partial charge in [-0.2, -0.15) is 0 Å². The number of aliphatic hydroxyl groups is 1. The first-order valence-electron chi connectivity index (χ1n) is 7.46. The average Bonchev–Trinajstić information content (AvgIpc) is 2.77. The van der Waals surface area contributed by atoms with Crippen LogP contribution in [0.25, 0.3) is 0 Å². The molecular formula is C15H21N3O3. The third kappa shape index (κ3) is 3.01. The van der Waals surface area contributed by atoms with Crippen LogP contribution < -0.4 is 4.90 Å². The summed E-state index contributed by atoms with van der Waals surface area (Å²) in [4.78, 5) is 20.0. The van der Waals surface area contributed by atoms with Crippen molar-refractivity contribution in [2.45, 2.75) is 25.0 Å². The lowest BCUT2D eigenvalue weighted by atomic mass is 10.0. The molecule has 0 aliphatic carbocycles. The normalized spacial score (nSPS) is 26.1. The Morgan fingerprint density at radius 1 is 1.38 bits per heavy atom. The minimum atomic E-state index is -0.414. The van der Waals surface area contributed by atoms with Gasteiger partial charge in [-0.05, 0) is 25.0 Å². The first kappa shape index (κ1) is 14.3. The molecule has 0 unspecified atom stereocenters. The molecule has 0 radical (unpaired) electrons. The number of fused-ring (bicyclic) bond motifs is 1. The molecule has 1 aromatic heterocycles. The van der Waals surface area contributed by atoms with E-state index in [4.69, 9.17) is 9.84 Å². The number of pyridine rings is 1. The third-order valence-electron chi connectivity index (χ3n) is 4.34. The van der Waals surface area contributed by atoms with Gasteiger partial charge in [0.05, 0.1) is 30.6 Å². The second-order valence-corrected chi connectivity index (χ2v) is 5.50. The van der Waals surface area contributed by atoms with E-state index in [0.717, 1.165) is 25.1 Å². The molecule has 6 heteroatoms. The number of ether oxygens (including phenoxy) is 1. The van der Waals surface area contributed by atoms with Gasteiger partial charge in [0, 0.05) is 25.8 Å². The number of aliphatic hydroxyl groups excluding tert-OH is 1. The Labute approximate surface area is 124 Å². The molecule has 0 aromatic carbocycles. The highest BCUT2D eigenvalue weighted by molar-refractivity contribution is 5.77. The predicted molar refractivity (Wildman–Crippen MR) is 78.0 cm³/mol. The molecule has 21 heavy (non-hydrogen) atoms. The minimum Gasteiger partial charge on any atom is -0.387 e. The lowest BCUT2D eigenvalue weighted by molar-refractivity contribution is -0.134. The van der Waals surface area contributed by atoms with Crippen molar-refractivity contribution in [1.29, 1.82) is 0 Å². The number of hydrogen-bond donors (Lipinski definition) is 1. The van der Waals surface area contributed by atoms with Crippen molar-refractivity contribution in [1.82, 2.24) is 9.88 Å². The van der Waals surface area contributed by atoms with Crippen molar-refractivity contribution >= 4 is 11.6 Å². The van der Waals surface area contributed by atoms with Crippen molar-refractivity contribution in [2.75, 3.05) is 37.7 Å². The highest BCUT2D eigenvalue weighted by Gasteiger charge is 2.35. The van der Waals surface area contributed by atoms with Crippen LogP contribution in [0.1, 0.15) is 12.8 Å². The van der Waals surface area contributed by atoms with E-state index in [1.807, 2.05) is 12.3 Å². The summed E-state index contributed by atoms with van der Waals surface area (Å²) in [5.41, 5.74) is 1.11. The molecule has 2 atom stereocenters. The molecule has 114 valence electrons. The zero-order valence-electron chi connectivity index (χ0n) is 12.0. The number of rotatable bonds is 2. The lowest BCUT2D eigenvalue weighted by Crippen LogP contribution is -2.51. The van der Waals surface area contributed by atoms with Gasteiger partial charge in [0.15, 0.2) is 0 Å². The Bertz CT molecular complexity index is 482. The largest absolute Gasteiger partial charge is 0.387 e. The summed E-state index contributed by atoms with van der Waals surface area (Å²) in [6.07, 6.45) is 5.45. The SMILES string of the molecule is O=C(CO)N1CC[C@H]2OCCN(c3cccnc3)[C@H]2CC1. The quantitative estimate of drug-likeness (QED) is 0.847. The molecule has 2 saturated heterocycles. The Morgan fingerprint density at radius 3 is 3.00 bits per heavy atom. The van der Waals surface area contributed by atoms with Gasteiger partial charge in [-0.25, -0.2) is 0 Å². The van der Waals surface area contributed by atoms with Gasteiger partial charge in [-0.3, -0.25) is 9.78 Å². The highest BCUT2D eigenvalue weighted by Crippen LogP contribution is 2.28. The van der Waals surface area contributed by atoms with Crippen molar-refractivity contribution in [2.24, 2.45) is 0 Å². The summed E-state index contributed by atoms with van der Waals surface area (Å²) < 4.78 is 5.91. The van der Waals surface area contributed by atoms with Crippen LogP contribution in [-0.2, 0) is 9.53 Å². The lowest BCUT2D eigenvalue weighted by Gasteiger charge is -2.41. The summed E-state index contributed by atoms with van der Waals surface area (Å²) in [5.74, 6) is -0.193. The molecule has 3 rings (SSSR count). The van der Waals surface area contributed by atoms with E-state index in [0.29, 0.717) is 19.7 Å². The molecule has 0 spiro atoms. The maximum absolute atomic E-state index is 11.7. The number of likely N-dealkylation sites (tertiary alicyclic amines) is 1. The van der Waals surface area contributed by atoms with E-state index >= 15 is 0 Å². The number of hydrogen-bond acceptors (Lipinski definition) is 5. The Kier molecular flexibility index (Phi) is 4.36. The van der Waals surface area contributed by atoms with Gasteiger partial charge >= 0.3 is 0 Å². The molecule has 0 saturated carbocycles. The van der Waals surface area contributed by atoms with Crippen LogP contribution in [0.3, 0.4) is 0 Å². The molecule has 1 amide bonds. The Hall–Kier alpha value is -1.66. The Balaban J connectivity index is 1.76. The third-order valence-corrected chi connectivity index (χ3v) is 4.34. The van der Waals surface area contributed by atoms with Crippen molar-refractivity contribution in [3.63, 3.8) is 0 Å². The molecule has 6 nitrogen and oxygen atoms in total. The van der Waals surface area contributed by atoms with Crippen LogP contribution in [0.4, 0.5) is 5.69 Å². The van der Waals surface area contributed by atoms with Gasteiger partial charge in [-0.1, -0.05) is 0 Å². The fourth-order valence-electron chi connectivity index (χ4n) is 3.27. The molecule has 1 N–H and O–H groups in total. The molecular weight excluding hydrogens is 270 g/mol. The fourth-order valence-corrected chi connectivity index (χ4v) is 3.27. The van der Waals surface area contributed by atoms with Crippen LogP contribution >= 0.6 is 0 Å². The van der Waals surface area contributed by atoms with Gasteiger partial charge in [0.2, 0.25) is 5.91 Å². The number of carbonyl (C=O) groups excluding carboxylic acids is 1. The topological polar surface area (TPSA) is 65.9 Å². The monoisotopic (exact) mass is 291 g/mol. The zero-order chi connectivity index (χ0) is 14.7. The number of amides is 1. The summed E-state index contributed by atoms with van der Waals surface area (Å²) in [5, 5.41) is 9.03. The zero-order valence-corrected chi connectivity index (χ0v) is 12.0. The van der Waals surface area contributed by atoms with Crippen LogP contribution in [0.5, 0.6) is 0 Å². The van der Waals surface area contributed by atoms with E-state index in [9.17, 15) is 4.79 Å². The summed E-state index contributed by atoms with van der Waals surface area (Å²) >= 11 is 0.